The molecule has 1 aliphatic rings. The molecule has 0 radical (unpaired) electrons. The summed E-state index contributed by atoms with van der Waals surface area (Å²) in [5.74, 6) is 0. The van der Waals surface area contributed by atoms with Gasteiger partial charge in [0.1, 0.15) is 6.07 Å². The van der Waals surface area contributed by atoms with E-state index >= 15 is 0 Å². The highest BCUT2D eigenvalue weighted by Gasteiger charge is 2.29. The van der Waals surface area contributed by atoms with Gasteiger partial charge in [-0.2, -0.15) is 5.26 Å². The highest BCUT2D eigenvalue weighted by Crippen LogP contribution is 2.29. The molecule has 0 bridgehead atoms. The number of hydrogen-bond acceptors (Lipinski definition) is 3. The number of hydrogen-bond donors (Lipinski definition) is 1. The smallest absolute Gasteiger partial charge is 0.103 e. The van der Waals surface area contributed by atoms with Crippen LogP contribution in [0.5, 0.6) is 0 Å². The average Bonchev–Trinajstić information content (AvgIpc) is 2.23. The summed E-state index contributed by atoms with van der Waals surface area (Å²) in [5, 5.41) is 12.8. The molecule has 0 unspecified atom stereocenters. The molecule has 0 heterocycles. The number of ether oxygens (including phenoxy) is 1. The van der Waals surface area contributed by atoms with E-state index in [0.29, 0.717) is 22.7 Å². The van der Waals surface area contributed by atoms with Crippen molar-refractivity contribution in [2.24, 2.45) is 0 Å². The third-order valence-corrected chi connectivity index (χ3v) is 3.23. The third kappa shape index (κ3) is 2.13. The van der Waals surface area contributed by atoms with E-state index in [0.717, 1.165) is 18.5 Å². The first-order chi connectivity index (χ1) is 7.74. The lowest BCUT2D eigenvalue weighted by Crippen LogP contribution is -2.40. The summed E-state index contributed by atoms with van der Waals surface area (Å²) in [7, 11) is 1.72. The quantitative estimate of drug-likeness (QED) is 0.878. The normalized spacial score (nSPS) is 23.3. The van der Waals surface area contributed by atoms with Crippen molar-refractivity contribution in [3.63, 3.8) is 0 Å². The van der Waals surface area contributed by atoms with Crippen molar-refractivity contribution >= 4 is 17.3 Å². The first-order valence-corrected chi connectivity index (χ1v) is 5.60. The molecule has 0 aliphatic heterocycles. The summed E-state index contributed by atoms with van der Waals surface area (Å²) in [6.45, 7) is 0. The minimum absolute atomic E-state index is 0.349. The fraction of sp³-hybridized carbons (Fsp3) is 0.417. The second-order valence-electron chi connectivity index (χ2n) is 3.94. The number of nitrogens with one attached hydrogen (secondary N) is 1. The summed E-state index contributed by atoms with van der Waals surface area (Å²) < 4.78 is 5.20. The van der Waals surface area contributed by atoms with Crippen LogP contribution < -0.4 is 5.32 Å². The Morgan fingerprint density at radius 3 is 2.88 bits per heavy atom. The van der Waals surface area contributed by atoms with Crippen LogP contribution in [0.15, 0.2) is 18.2 Å². The summed E-state index contributed by atoms with van der Waals surface area (Å²) in [5.41, 5.74) is 1.33. The van der Waals surface area contributed by atoms with Gasteiger partial charge in [-0.15, -0.1) is 0 Å². The summed E-state index contributed by atoms with van der Waals surface area (Å²) in [6.07, 6.45) is 2.31. The van der Waals surface area contributed by atoms with Gasteiger partial charge in [0.2, 0.25) is 0 Å². The van der Waals surface area contributed by atoms with Crippen LogP contribution in [0.4, 0.5) is 5.69 Å². The lowest BCUT2D eigenvalue weighted by atomic mass is 9.89. The average molecular weight is 237 g/mol. The molecule has 1 fully saturated rings. The van der Waals surface area contributed by atoms with Gasteiger partial charge >= 0.3 is 0 Å². The Morgan fingerprint density at radius 2 is 2.25 bits per heavy atom. The second-order valence-corrected chi connectivity index (χ2v) is 4.35. The Bertz CT molecular complexity index is 422. The van der Waals surface area contributed by atoms with Crippen LogP contribution >= 0.6 is 11.6 Å². The van der Waals surface area contributed by atoms with E-state index in [4.69, 9.17) is 21.6 Å². The minimum atomic E-state index is 0.349. The molecule has 0 aromatic heterocycles. The van der Waals surface area contributed by atoms with Crippen molar-refractivity contribution in [1.82, 2.24) is 0 Å². The molecule has 1 aromatic carbocycles. The molecule has 0 amide bonds. The highest BCUT2D eigenvalue weighted by atomic mass is 35.5. The molecule has 1 N–H and O–H groups in total. The molecule has 1 aromatic rings. The SMILES string of the molecule is COC1CC(Nc2cccc(Cl)c2C#N)C1. The van der Waals surface area contributed by atoms with E-state index < -0.39 is 0 Å². The Labute approximate surface area is 100.0 Å². The molecule has 1 saturated carbocycles. The van der Waals surface area contributed by atoms with Crippen molar-refractivity contribution in [2.45, 2.75) is 25.0 Å². The van der Waals surface area contributed by atoms with Gasteiger partial charge in [0.25, 0.3) is 0 Å². The van der Waals surface area contributed by atoms with Crippen LogP contribution in [0.3, 0.4) is 0 Å². The van der Waals surface area contributed by atoms with Gasteiger partial charge in [-0.3, -0.25) is 0 Å². The zero-order valence-corrected chi connectivity index (χ0v) is 9.79. The lowest BCUT2D eigenvalue weighted by Gasteiger charge is -2.35. The van der Waals surface area contributed by atoms with E-state index in [1.807, 2.05) is 12.1 Å². The standard InChI is InChI=1S/C12H13ClN2O/c1-16-9-5-8(6-9)15-12-4-2-3-11(13)10(12)7-14/h2-4,8-9,15H,5-6H2,1H3. The van der Waals surface area contributed by atoms with Crippen molar-refractivity contribution < 1.29 is 4.74 Å². The predicted octanol–water partition coefficient (Wildman–Crippen LogP) is 2.80. The van der Waals surface area contributed by atoms with Gasteiger partial charge in [-0.05, 0) is 25.0 Å². The molecule has 84 valence electrons. The van der Waals surface area contributed by atoms with Gasteiger partial charge < -0.3 is 10.1 Å². The minimum Gasteiger partial charge on any atom is -0.381 e. The summed E-state index contributed by atoms with van der Waals surface area (Å²) in [4.78, 5) is 0. The number of benzene rings is 1. The number of nitrogens with zero attached hydrogens (tertiary/aromatic N) is 1. The third-order valence-electron chi connectivity index (χ3n) is 2.91. The van der Waals surface area contributed by atoms with Gasteiger partial charge in [-0.25, -0.2) is 0 Å². The number of rotatable bonds is 3. The Morgan fingerprint density at radius 1 is 1.50 bits per heavy atom. The van der Waals surface area contributed by atoms with Crippen LogP contribution in [-0.4, -0.2) is 19.3 Å². The molecule has 0 spiro atoms. The van der Waals surface area contributed by atoms with E-state index in [2.05, 4.69) is 11.4 Å². The van der Waals surface area contributed by atoms with Gasteiger partial charge in [-0.1, -0.05) is 17.7 Å². The highest BCUT2D eigenvalue weighted by molar-refractivity contribution is 6.32. The molecule has 3 nitrogen and oxygen atoms in total. The maximum absolute atomic E-state index is 9.00. The molecule has 1 aliphatic carbocycles. The van der Waals surface area contributed by atoms with Crippen LogP contribution in [0, 0.1) is 11.3 Å². The van der Waals surface area contributed by atoms with Gasteiger partial charge in [0.15, 0.2) is 0 Å². The van der Waals surface area contributed by atoms with E-state index in [1.165, 1.54) is 0 Å². The molecule has 0 atom stereocenters. The molecule has 2 rings (SSSR count). The number of nitriles is 1. The van der Waals surface area contributed by atoms with Crippen LogP contribution in [0.2, 0.25) is 5.02 Å². The number of halogens is 1. The number of methoxy groups -OCH3 is 1. The van der Waals surface area contributed by atoms with Crippen molar-refractivity contribution in [2.75, 3.05) is 12.4 Å². The van der Waals surface area contributed by atoms with Crippen LogP contribution in [0.25, 0.3) is 0 Å². The zero-order valence-electron chi connectivity index (χ0n) is 9.03. The predicted molar refractivity (Wildman–Crippen MR) is 63.6 cm³/mol. The first-order valence-electron chi connectivity index (χ1n) is 5.22. The van der Waals surface area contributed by atoms with E-state index in [-0.39, 0.29) is 0 Å². The largest absolute Gasteiger partial charge is 0.381 e. The maximum Gasteiger partial charge on any atom is 0.103 e. The maximum atomic E-state index is 9.00. The number of anilines is 1. The Balaban J connectivity index is 2.06. The van der Waals surface area contributed by atoms with E-state index in [1.54, 1.807) is 13.2 Å². The lowest BCUT2D eigenvalue weighted by molar-refractivity contribution is 0.0328. The van der Waals surface area contributed by atoms with Crippen LogP contribution in [-0.2, 0) is 4.74 Å². The Kier molecular flexibility index (Phi) is 3.33. The Hall–Kier alpha value is -1.24. The van der Waals surface area contributed by atoms with Crippen molar-refractivity contribution in [1.29, 1.82) is 5.26 Å². The van der Waals surface area contributed by atoms with Gasteiger partial charge in [0.05, 0.1) is 22.4 Å². The summed E-state index contributed by atoms with van der Waals surface area (Å²) >= 11 is 5.94. The molecule has 16 heavy (non-hydrogen) atoms. The van der Waals surface area contributed by atoms with Crippen LogP contribution in [0.1, 0.15) is 18.4 Å². The molecule has 4 heteroatoms. The zero-order chi connectivity index (χ0) is 11.5. The van der Waals surface area contributed by atoms with Gasteiger partial charge in [0, 0.05) is 13.2 Å². The molecular formula is C12H13ClN2O. The monoisotopic (exact) mass is 236 g/mol. The molecular weight excluding hydrogens is 224 g/mol. The van der Waals surface area contributed by atoms with Crippen molar-refractivity contribution in [3.05, 3.63) is 28.8 Å². The fourth-order valence-electron chi connectivity index (χ4n) is 1.85. The topological polar surface area (TPSA) is 45.0 Å². The first kappa shape index (κ1) is 11.3. The molecule has 0 saturated heterocycles. The van der Waals surface area contributed by atoms with E-state index in [9.17, 15) is 0 Å². The second kappa shape index (κ2) is 4.73. The van der Waals surface area contributed by atoms with Crippen molar-refractivity contribution in [3.8, 4) is 6.07 Å². The summed E-state index contributed by atoms with van der Waals surface area (Å²) in [6, 6.07) is 7.95. The fourth-order valence-corrected chi connectivity index (χ4v) is 2.07.